The molecule has 0 rings (SSSR count). The fourth-order valence-electron chi connectivity index (χ4n) is 12.7. The van der Waals surface area contributed by atoms with E-state index in [4.69, 9.17) is 4.74 Å². The van der Waals surface area contributed by atoms with Gasteiger partial charge in [0.25, 0.3) is 0 Å². The van der Waals surface area contributed by atoms with Gasteiger partial charge in [-0.05, 0) is 57.8 Å². The standard InChI is InChI=1S/C80H155NO5/c1-3-5-7-9-11-13-15-17-18-42-46-50-54-58-62-66-70-74-80(85)86-75-71-67-63-59-55-51-47-44-41-39-37-35-33-31-29-27-25-23-21-19-20-22-24-26-28-30-32-34-36-38-40-43-45-49-53-57-61-65-69-73-79(84)81-77(76-82)78(83)72-68-64-60-56-52-48-16-14-12-10-8-6-4-2/h19-20,68,72,77-78,82-83H,3-18,21-67,69-71,73-76H2,1-2H3,(H,81,84)/b20-19-,72-68+. The van der Waals surface area contributed by atoms with E-state index in [1.54, 1.807) is 6.08 Å². The van der Waals surface area contributed by atoms with Crippen LogP contribution in [0, 0.1) is 0 Å². The van der Waals surface area contributed by atoms with Crippen LogP contribution in [0.4, 0.5) is 0 Å². The van der Waals surface area contributed by atoms with E-state index in [0.29, 0.717) is 19.4 Å². The molecule has 3 N–H and O–H groups in total. The third-order valence-corrected chi connectivity index (χ3v) is 18.7. The number of hydrogen-bond donors (Lipinski definition) is 3. The Morgan fingerprint density at radius 3 is 0.826 bits per heavy atom. The highest BCUT2D eigenvalue weighted by atomic mass is 16.5. The summed E-state index contributed by atoms with van der Waals surface area (Å²) in [4.78, 5) is 24.6. The molecule has 6 heteroatoms. The summed E-state index contributed by atoms with van der Waals surface area (Å²) in [5, 5.41) is 23.1. The molecule has 2 unspecified atom stereocenters. The fourth-order valence-corrected chi connectivity index (χ4v) is 12.7. The molecule has 86 heavy (non-hydrogen) atoms. The van der Waals surface area contributed by atoms with E-state index in [-0.39, 0.29) is 18.5 Å². The summed E-state index contributed by atoms with van der Waals surface area (Å²) in [5.74, 6) is -0.0344. The molecule has 0 heterocycles. The van der Waals surface area contributed by atoms with Crippen molar-refractivity contribution >= 4 is 11.9 Å². The number of esters is 1. The lowest BCUT2D eigenvalue weighted by molar-refractivity contribution is -0.143. The molecule has 510 valence electrons. The lowest BCUT2D eigenvalue weighted by Gasteiger charge is -2.20. The predicted molar refractivity (Wildman–Crippen MR) is 380 cm³/mol. The number of aliphatic hydroxyl groups excluding tert-OH is 2. The Morgan fingerprint density at radius 2 is 0.547 bits per heavy atom. The van der Waals surface area contributed by atoms with E-state index >= 15 is 0 Å². The average Bonchev–Trinajstić information content (AvgIpc) is 3.60. The molecule has 0 aliphatic carbocycles. The fraction of sp³-hybridized carbons (Fsp3) is 0.925. The molecular weight excluding hydrogens is 1050 g/mol. The predicted octanol–water partition coefficient (Wildman–Crippen LogP) is 26.0. The number of aliphatic hydroxyl groups is 2. The Labute approximate surface area is 539 Å². The molecule has 0 fully saturated rings. The van der Waals surface area contributed by atoms with Crippen LogP contribution in [0.15, 0.2) is 24.3 Å². The van der Waals surface area contributed by atoms with Crippen molar-refractivity contribution in [2.24, 2.45) is 0 Å². The highest BCUT2D eigenvalue weighted by Gasteiger charge is 2.18. The van der Waals surface area contributed by atoms with Gasteiger partial charge in [0.15, 0.2) is 0 Å². The van der Waals surface area contributed by atoms with Crippen LogP contribution in [0.2, 0.25) is 0 Å². The summed E-state index contributed by atoms with van der Waals surface area (Å²) in [6, 6.07) is -0.623. The van der Waals surface area contributed by atoms with Crippen molar-refractivity contribution in [3.05, 3.63) is 24.3 Å². The zero-order valence-electron chi connectivity index (χ0n) is 58.6. The quantitative estimate of drug-likeness (QED) is 0.0320. The number of nitrogens with one attached hydrogen (secondary N) is 1. The number of amides is 1. The topological polar surface area (TPSA) is 95.9 Å². The second-order valence-electron chi connectivity index (χ2n) is 27.4. The summed E-state index contributed by atoms with van der Waals surface area (Å²) in [7, 11) is 0. The van der Waals surface area contributed by atoms with Crippen LogP contribution in [0.1, 0.15) is 450 Å². The van der Waals surface area contributed by atoms with Gasteiger partial charge in [0.1, 0.15) is 0 Å². The van der Waals surface area contributed by atoms with Crippen LogP contribution >= 0.6 is 0 Å². The average molecular weight is 1210 g/mol. The maximum Gasteiger partial charge on any atom is 0.305 e. The minimum atomic E-state index is -0.840. The lowest BCUT2D eigenvalue weighted by Crippen LogP contribution is -2.45. The van der Waals surface area contributed by atoms with Crippen LogP contribution in [-0.2, 0) is 14.3 Å². The summed E-state index contributed by atoms with van der Waals surface area (Å²) < 4.78 is 5.52. The Hall–Kier alpha value is -1.66. The van der Waals surface area contributed by atoms with Crippen molar-refractivity contribution in [3.8, 4) is 0 Å². The van der Waals surface area contributed by atoms with Crippen molar-refractivity contribution < 1.29 is 24.5 Å². The van der Waals surface area contributed by atoms with Crippen molar-refractivity contribution in [2.75, 3.05) is 13.2 Å². The first kappa shape index (κ1) is 84.3. The molecule has 0 bridgehead atoms. The number of allylic oxidation sites excluding steroid dienone is 3. The van der Waals surface area contributed by atoms with E-state index in [2.05, 4.69) is 31.3 Å². The van der Waals surface area contributed by atoms with E-state index in [1.165, 1.54) is 385 Å². The summed E-state index contributed by atoms with van der Waals surface area (Å²) in [5.41, 5.74) is 0. The van der Waals surface area contributed by atoms with Crippen LogP contribution in [0.25, 0.3) is 0 Å². The minimum absolute atomic E-state index is 0.0272. The number of unbranched alkanes of at least 4 members (excludes halogenated alkanes) is 62. The third-order valence-electron chi connectivity index (χ3n) is 18.7. The Morgan fingerprint density at radius 1 is 0.314 bits per heavy atom. The molecule has 0 spiro atoms. The van der Waals surface area contributed by atoms with Gasteiger partial charge in [-0.25, -0.2) is 0 Å². The minimum Gasteiger partial charge on any atom is -0.466 e. The first-order chi connectivity index (χ1) is 42.5. The summed E-state index contributed by atoms with van der Waals surface area (Å²) in [6.45, 7) is 4.95. The van der Waals surface area contributed by atoms with Crippen LogP contribution in [0.5, 0.6) is 0 Å². The maximum atomic E-state index is 12.5. The molecule has 0 aromatic carbocycles. The largest absolute Gasteiger partial charge is 0.466 e. The SMILES string of the molecule is CCCCCCCCCCCCC/C=C/C(O)C(CO)NC(=O)CCCCCCCCCCCCCCCCCCC/C=C\CCCCCCCCCCCCCCCCCCCCOC(=O)CCCCCCCCCCCCCCCCCCC. The molecule has 0 aliphatic heterocycles. The van der Waals surface area contributed by atoms with Crippen molar-refractivity contribution in [2.45, 2.75) is 463 Å². The number of carbonyl (C=O) groups is 2. The van der Waals surface area contributed by atoms with Crippen LogP contribution < -0.4 is 5.32 Å². The Balaban J connectivity index is 3.30. The Kier molecular flexibility index (Phi) is 74.3. The smallest absolute Gasteiger partial charge is 0.305 e. The highest BCUT2D eigenvalue weighted by molar-refractivity contribution is 5.76. The molecule has 0 saturated heterocycles. The van der Waals surface area contributed by atoms with E-state index in [0.717, 1.165) is 38.5 Å². The molecule has 0 aromatic heterocycles. The molecule has 2 atom stereocenters. The molecule has 0 saturated carbocycles. The van der Waals surface area contributed by atoms with Gasteiger partial charge in [0.2, 0.25) is 5.91 Å². The zero-order chi connectivity index (χ0) is 62.0. The van der Waals surface area contributed by atoms with Gasteiger partial charge in [-0.2, -0.15) is 0 Å². The van der Waals surface area contributed by atoms with E-state index < -0.39 is 12.1 Å². The maximum absolute atomic E-state index is 12.5. The molecule has 6 nitrogen and oxygen atoms in total. The molecule has 0 aliphatic rings. The molecule has 0 radical (unpaired) electrons. The monoisotopic (exact) mass is 1210 g/mol. The number of rotatable bonds is 75. The number of hydrogen-bond acceptors (Lipinski definition) is 5. The van der Waals surface area contributed by atoms with Gasteiger partial charge < -0.3 is 20.3 Å². The van der Waals surface area contributed by atoms with Gasteiger partial charge in [0, 0.05) is 12.8 Å². The molecule has 1 amide bonds. The van der Waals surface area contributed by atoms with Crippen molar-refractivity contribution in [1.82, 2.24) is 5.32 Å². The number of carbonyl (C=O) groups excluding carboxylic acids is 2. The third kappa shape index (κ3) is 71.4. The zero-order valence-corrected chi connectivity index (χ0v) is 58.6. The Bertz CT molecular complexity index is 1350. The van der Waals surface area contributed by atoms with Crippen LogP contribution in [-0.4, -0.2) is 47.4 Å². The highest BCUT2D eigenvalue weighted by Crippen LogP contribution is 2.20. The van der Waals surface area contributed by atoms with Crippen molar-refractivity contribution in [1.29, 1.82) is 0 Å². The van der Waals surface area contributed by atoms with Gasteiger partial charge in [-0.3, -0.25) is 9.59 Å². The second kappa shape index (κ2) is 75.8. The van der Waals surface area contributed by atoms with E-state index in [9.17, 15) is 19.8 Å². The summed E-state index contributed by atoms with van der Waals surface area (Å²) in [6.07, 6.45) is 97.5. The first-order valence-electron chi connectivity index (χ1n) is 39.6. The second-order valence-corrected chi connectivity index (χ2v) is 27.4. The van der Waals surface area contributed by atoms with E-state index in [1.807, 2.05) is 6.08 Å². The van der Waals surface area contributed by atoms with Crippen LogP contribution in [0.3, 0.4) is 0 Å². The van der Waals surface area contributed by atoms with Gasteiger partial charge in [-0.15, -0.1) is 0 Å². The lowest BCUT2D eigenvalue weighted by atomic mass is 10.0. The normalized spacial score (nSPS) is 12.6. The van der Waals surface area contributed by atoms with Gasteiger partial charge >= 0.3 is 5.97 Å². The first-order valence-corrected chi connectivity index (χ1v) is 39.6. The van der Waals surface area contributed by atoms with Gasteiger partial charge in [-0.1, -0.05) is 404 Å². The molecule has 0 aromatic rings. The molecular formula is C80H155NO5. The van der Waals surface area contributed by atoms with Crippen molar-refractivity contribution in [3.63, 3.8) is 0 Å². The number of ether oxygens (including phenoxy) is 1. The van der Waals surface area contributed by atoms with Gasteiger partial charge in [0.05, 0.1) is 25.4 Å². The summed E-state index contributed by atoms with van der Waals surface area (Å²) >= 11 is 0.